The first-order chi connectivity index (χ1) is 15.6. The molecule has 2 heterocycles. The predicted octanol–water partition coefficient (Wildman–Crippen LogP) is 4.64. The molecule has 0 radical (unpaired) electrons. The van der Waals surface area contributed by atoms with Crippen molar-refractivity contribution in [2.45, 2.75) is 13.3 Å². The first-order valence-corrected chi connectivity index (χ1v) is 10.5. The number of fused-ring (bicyclic) bond motifs is 1. The Kier molecular flexibility index (Phi) is 5.03. The predicted molar refractivity (Wildman–Crippen MR) is 125 cm³/mol. The Morgan fingerprint density at radius 3 is 2.41 bits per heavy atom. The average Bonchev–Trinajstić information content (AvgIpc) is 3.43. The minimum atomic E-state index is -0.296. The van der Waals surface area contributed by atoms with Crippen molar-refractivity contribution in [1.82, 2.24) is 9.78 Å². The summed E-state index contributed by atoms with van der Waals surface area (Å²) in [5.74, 6) is -0.333. The second-order valence-corrected chi connectivity index (χ2v) is 7.79. The molecule has 1 aliphatic heterocycles. The van der Waals surface area contributed by atoms with Gasteiger partial charge in [0.05, 0.1) is 5.69 Å². The third-order valence-electron chi connectivity index (χ3n) is 5.64. The summed E-state index contributed by atoms with van der Waals surface area (Å²) in [4.78, 5) is 27.5. The van der Waals surface area contributed by atoms with Crippen LogP contribution < -0.4 is 10.2 Å². The third-order valence-corrected chi connectivity index (χ3v) is 5.64. The molecule has 2 amide bonds. The fourth-order valence-electron chi connectivity index (χ4n) is 4.01. The van der Waals surface area contributed by atoms with Gasteiger partial charge < -0.3 is 10.2 Å². The minimum absolute atomic E-state index is 0.0370. The lowest BCUT2D eigenvalue weighted by Gasteiger charge is -2.17. The maximum atomic E-state index is 13.0. The van der Waals surface area contributed by atoms with E-state index in [1.54, 1.807) is 35.0 Å². The van der Waals surface area contributed by atoms with E-state index in [0.29, 0.717) is 23.5 Å². The Labute approximate surface area is 186 Å². The van der Waals surface area contributed by atoms with E-state index in [1.807, 2.05) is 60.4 Å². The van der Waals surface area contributed by atoms with Crippen LogP contribution in [0.3, 0.4) is 0 Å². The van der Waals surface area contributed by atoms with Crippen molar-refractivity contribution in [2.75, 3.05) is 16.8 Å². The van der Waals surface area contributed by atoms with E-state index in [9.17, 15) is 9.59 Å². The van der Waals surface area contributed by atoms with E-state index >= 15 is 0 Å². The molecule has 0 saturated heterocycles. The van der Waals surface area contributed by atoms with Gasteiger partial charge in [0.25, 0.3) is 11.8 Å². The molecule has 32 heavy (non-hydrogen) atoms. The highest BCUT2D eigenvalue weighted by molar-refractivity contribution is 6.08. The highest BCUT2D eigenvalue weighted by Gasteiger charge is 2.25. The van der Waals surface area contributed by atoms with Gasteiger partial charge in [-0.25, -0.2) is 4.68 Å². The van der Waals surface area contributed by atoms with Crippen molar-refractivity contribution in [2.24, 2.45) is 0 Å². The molecule has 6 nitrogen and oxygen atoms in total. The molecular weight excluding hydrogens is 400 g/mol. The highest BCUT2D eigenvalue weighted by Crippen LogP contribution is 2.29. The number of carbonyl (C=O) groups is 2. The van der Waals surface area contributed by atoms with Gasteiger partial charge in [0.1, 0.15) is 0 Å². The molecule has 158 valence electrons. The van der Waals surface area contributed by atoms with Crippen LogP contribution in [-0.4, -0.2) is 28.1 Å². The van der Waals surface area contributed by atoms with Crippen molar-refractivity contribution in [3.05, 3.63) is 107 Å². The van der Waals surface area contributed by atoms with Crippen LogP contribution in [-0.2, 0) is 6.42 Å². The van der Waals surface area contributed by atoms with Gasteiger partial charge in [-0.3, -0.25) is 9.59 Å². The van der Waals surface area contributed by atoms with Crippen LogP contribution in [0.2, 0.25) is 0 Å². The molecule has 0 fully saturated rings. The first-order valence-electron chi connectivity index (χ1n) is 10.5. The molecule has 0 bridgehead atoms. The number of aryl methyl sites for hydroxylation is 1. The zero-order valence-corrected chi connectivity index (χ0v) is 17.7. The number of para-hydroxylation sites is 2. The van der Waals surface area contributed by atoms with Crippen LogP contribution in [0, 0.1) is 6.92 Å². The second kappa shape index (κ2) is 8.15. The Morgan fingerprint density at radius 1 is 0.906 bits per heavy atom. The lowest BCUT2D eigenvalue weighted by atomic mass is 10.1. The summed E-state index contributed by atoms with van der Waals surface area (Å²) in [6.07, 6.45) is 0.866. The second-order valence-electron chi connectivity index (χ2n) is 7.79. The topological polar surface area (TPSA) is 67.2 Å². The van der Waals surface area contributed by atoms with E-state index in [-0.39, 0.29) is 11.8 Å². The molecule has 4 aromatic rings. The van der Waals surface area contributed by atoms with Crippen LogP contribution >= 0.6 is 0 Å². The number of nitrogens with zero attached hydrogens (tertiary/aromatic N) is 3. The third kappa shape index (κ3) is 3.67. The van der Waals surface area contributed by atoms with Gasteiger partial charge in [0.15, 0.2) is 5.69 Å². The van der Waals surface area contributed by atoms with Gasteiger partial charge in [-0.1, -0.05) is 36.4 Å². The van der Waals surface area contributed by atoms with Crippen LogP contribution in [0.15, 0.2) is 84.9 Å². The molecule has 0 saturated carbocycles. The number of anilines is 2. The fourth-order valence-corrected chi connectivity index (χ4v) is 4.01. The van der Waals surface area contributed by atoms with Gasteiger partial charge >= 0.3 is 0 Å². The number of amides is 2. The van der Waals surface area contributed by atoms with E-state index in [1.165, 1.54) is 5.56 Å². The zero-order valence-electron chi connectivity index (χ0n) is 17.7. The van der Waals surface area contributed by atoms with Crippen LogP contribution in [0.25, 0.3) is 5.69 Å². The van der Waals surface area contributed by atoms with E-state index in [4.69, 9.17) is 0 Å². The molecule has 1 N–H and O–H groups in total. The summed E-state index contributed by atoms with van der Waals surface area (Å²) >= 11 is 0. The van der Waals surface area contributed by atoms with Gasteiger partial charge in [-0.2, -0.15) is 5.10 Å². The normalized spacial score (nSPS) is 12.5. The standard InChI is InChI=1S/C26H22N4O2/c1-18-17-23(28-30(18)22-8-3-2-4-9-22)25(31)27-21-13-11-20(12-14-21)26(32)29-16-15-19-7-5-6-10-24(19)29/h2-14,17H,15-16H2,1H3,(H,27,31). The van der Waals surface area contributed by atoms with E-state index in [2.05, 4.69) is 16.5 Å². The van der Waals surface area contributed by atoms with Gasteiger partial charge in [0, 0.05) is 29.2 Å². The molecule has 0 unspecified atom stereocenters. The SMILES string of the molecule is Cc1cc(C(=O)Nc2ccc(C(=O)N3CCc4ccccc43)cc2)nn1-c1ccccc1. The lowest BCUT2D eigenvalue weighted by Crippen LogP contribution is -2.28. The fraction of sp³-hybridized carbons (Fsp3) is 0.115. The number of nitrogens with one attached hydrogen (secondary N) is 1. The van der Waals surface area contributed by atoms with Gasteiger partial charge in [-0.05, 0) is 67.4 Å². The van der Waals surface area contributed by atoms with Crippen LogP contribution in [0.5, 0.6) is 0 Å². The van der Waals surface area contributed by atoms with Crippen molar-refractivity contribution in [3.63, 3.8) is 0 Å². The molecule has 0 atom stereocenters. The summed E-state index contributed by atoms with van der Waals surface area (Å²) in [5, 5.41) is 7.30. The summed E-state index contributed by atoms with van der Waals surface area (Å²) in [5.41, 5.74) is 5.46. The number of rotatable bonds is 4. The minimum Gasteiger partial charge on any atom is -0.321 e. The van der Waals surface area contributed by atoms with Crippen molar-refractivity contribution in [1.29, 1.82) is 0 Å². The molecule has 6 heteroatoms. The maximum Gasteiger partial charge on any atom is 0.276 e. The van der Waals surface area contributed by atoms with Crippen LogP contribution in [0.4, 0.5) is 11.4 Å². The lowest BCUT2D eigenvalue weighted by molar-refractivity contribution is 0.0988. The zero-order chi connectivity index (χ0) is 22.1. The quantitative estimate of drug-likeness (QED) is 0.521. The van der Waals surface area contributed by atoms with Gasteiger partial charge in [-0.15, -0.1) is 0 Å². The van der Waals surface area contributed by atoms with Crippen molar-refractivity contribution in [3.8, 4) is 5.69 Å². The Morgan fingerprint density at radius 2 is 1.62 bits per heavy atom. The number of hydrogen-bond donors (Lipinski definition) is 1. The number of hydrogen-bond acceptors (Lipinski definition) is 3. The largest absolute Gasteiger partial charge is 0.321 e. The monoisotopic (exact) mass is 422 g/mol. The Balaban J connectivity index is 1.29. The number of benzene rings is 3. The molecule has 3 aromatic carbocycles. The van der Waals surface area contributed by atoms with Crippen molar-refractivity contribution >= 4 is 23.2 Å². The molecule has 0 spiro atoms. The summed E-state index contributed by atoms with van der Waals surface area (Å²) in [6.45, 7) is 2.59. The Bertz CT molecular complexity index is 1290. The summed E-state index contributed by atoms with van der Waals surface area (Å²) < 4.78 is 1.74. The number of carbonyl (C=O) groups excluding carboxylic acids is 2. The van der Waals surface area contributed by atoms with E-state index in [0.717, 1.165) is 23.5 Å². The van der Waals surface area contributed by atoms with Gasteiger partial charge in [0.2, 0.25) is 0 Å². The summed E-state index contributed by atoms with van der Waals surface area (Å²) in [7, 11) is 0. The average molecular weight is 422 g/mol. The molecule has 1 aliphatic rings. The molecule has 0 aliphatic carbocycles. The molecule has 1 aromatic heterocycles. The van der Waals surface area contributed by atoms with Crippen molar-refractivity contribution < 1.29 is 9.59 Å². The molecular formula is C26H22N4O2. The summed E-state index contributed by atoms with van der Waals surface area (Å²) in [6, 6.07) is 26.4. The Hall–Kier alpha value is -4.19. The van der Waals surface area contributed by atoms with Crippen LogP contribution in [0.1, 0.15) is 32.1 Å². The van der Waals surface area contributed by atoms with E-state index < -0.39 is 0 Å². The highest BCUT2D eigenvalue weighted by atomic mass is 16.2. The molecule has 5 rings (SSSR count). The first kappa shape index (κ1) is 19.8. The number of aromatic nitrogens is 2. The smallest absolute Gasteiger partial charge is 0.276 e. The maximum absolute atomic E-state index is 13.0.